The Morgan fingerprint density at radius 2 is 1.63 bits per heavy atom. The summed E-state index contributed by atoms with van der Waals surface area (Å²) in [6.07, 6.45) is 0.687. The second-order valence-corrected chi connectivity index (χ2v) is 6.80. The van der Waals surface area contributed by atoms with Gasteiger partial charge in [0.2, 0.25) is 0 Å². The smallest absolute Gasteiger partial charge is 0.317 e. The number of nitrogens with one attached hydrogen (secondary N) is 1. The minimum absolute atomic E-state index is 0.145. The monoisotopic (exact) mass is 389 g/mol. The van der Waals surface area contributed by atoms with E-state index in [0.717, 1.165) is 5.56 Å². The molecule has 0 aromatic heterocycles. The van der Waals surface area contributed by atoms with Crippen LogP contribution in [0.5, 0.6) is 0 Å². The predicted molar refractivity (Wildman–Crippen MR) is 102 cm³/mol. The van der Waals surface area contributed by atoms with E-state index in [-0.39, 0.29) is 17.8 Å². The number of hydrogen-bond donors (Lipinski definition) is 1. The number of halogens is 2. The van der Waals surface area contributed by atoms with Crippen LogP contribution in [0, 0.1) is 5.82 Å². The molecule has 0 bridgehead atoms. The predicted octanol–water partition coefficient (Wildman–Crippen LogP) is 3.54. The third kappa shape index (κ3) is 4.98. The van der Waals surface area contributed by atoms with Crippen LogP contribution in [0.15, 0.2) is 48.5 Å². The summed E-state index contributed by atoms with van der Waals surface area (Å²) in [6.45, 7) is 2.37. The lowest BCUT2D eigenvalue weighted by Gasteiger charge is -2.22. The molecule has 1 N–H and O–H groups in total. The molecule has 3 amide bonds. The zero-order valence-corrected chi connectivity index (χ0v) is 15.6. The molecule has 0 atom stereocenters. The molecule has 1 fully saturated rings. The molecule has 0 unspecified atom stereocenters. The average molecular weight is 390 g/mol. The standard InChI is InChI=1S/C20H21ClFN3O2/c21-18-5-2-1-4-16(18)14-23-20(27)25-11-3-10-24(12-13-25)19(26)15-6-8-17(22)9-7-15/h1-2,4-9H,3,10-14H2,(H,23,27). The van der Waals surface area contributed by atoms with Gasteiger partial charge in [0.15, 0.2) is 0 Å². The fourth-order valence-electron chi connectivity index (χ4n) is 3.02. The molecule has 27 heavy (non-hydrogen) atoms. The molecule has 2 aromatic carbocycles. The van der Waals surface area contributed by atoms with Gasteiger partial charge in [-0.05, 0) is 42.3 Å². The first-order valence-corrected chi connectivity index (χ1v) is 9.23. The van der Waals surface area contributed by atoms with Gasteiger partial charge in [-0.15, -0.1) is 0 Å². The molecule has 2 aromatic rings. The number of carbonyl (C=O) groups excluding carboxylic acids is 2. The number of rotatable bonds is 3. The van der Waals surface area contributed by atoms with E-state index in [1.807, 2.05) is 18.2 Å². The van der Waals surface area contributed by atoms with Crippen LogP contribution in [0.2, 0.25) is 5.02 Å². The third-order valence-electron chi connectivity index (χ3n) is 4.55. The van der Waals surface area contributed by atoms with Gasteiger partial charge in [-0.2, -0.15) is 0 Å². The minimum Gasteiger partial charge on any atom is -0.337 e. The molecule has 3 rings (SSSR count). The van der Waals surface area contributed by atoms with Crippen LogP contribution in [-0.4, -0.2) is 47.9 Å². The second-order valence-electron chi connectivity index (χ2n) is 6.39. The maximum atomic E-state index is 13.0. The van der Waals surface area contributed by atoms with Crippen molar-refractivity contribution in [1.82, 2.24) is 15.1 Å². The molecule has 0 radical (unpaired) electrons. The lowest BCUT2D eigenvalue weighted by Crippen LogP contribution is -2.42. The summed E-state index contributed by atoms with van der Waals surface area (Å²) >= 11 is 6.11. The van der Waals surface area contributed by atoms with E-state index in [4.69, 9.17) is 11.6 Å². The fraction of sp³-hybridized carbons (Fsp3) is 0.300. The molecule has 1 aliphatic heterocycles. The highest BCUT2D eigenvalue weighted by Gasteiger charge is 2.22. The van der Waals surface area contributed by atoms with Gasteiger partial charge in [-0.25, -0.2) is 9.18 Å². The average Bonchev–Trinajstić information content (AvgIpc) is 2.93. The van der Waals surface area contributed by atoms with E-state index in [1.165, 1.54) is 24.3 Å². The van der Waals surface area contributed by atoms with Crippen molar-refractivity contribution in [2.75, 3.05) is 26.2 Å². The maximum absolute atomic E-state index is 13.0. The molecule has 5 nitrogen and oxygen atoms in total. The van der Waals surface area contributed by atoms with Gasteiger partial charge in [-0.1, -0.05) is 29.8 Å². The van der Waals surface area contributed by atoms with Crippen molar-refractivity contribution in [3.8, 4) is 0 Å². The van der Waals surface area contributed by atoms with Crippen molar-refractivity contribution in [3.05, 3.63) is 70.5 Å². The molecule has 0 aliphatic carbocycles. The zero-order valence-electron chi connectivity index (χ0n) is 14.8. The highest BCUT2D eigenvalue weighted by atomic mass is 35.5. The number of nitrogens with zero attached hydrogens (tertiary/aromatic N) is 2. The zero-order chi connectivity index (χ0) is 19.2. The fourth-order valence-corrected chi connectivity index (χ4v) is 3.23. The van der Waals surface area contributed by atoms with Crippen molar-refractivity contribution >= 4 is 23.5 Å². The summed E-state index contributed by atoms with van der Waals surface area (Å²) in [6, 6.07) is 12.7. The SMILES string of the molecule is O=C(NCc1ccccc1Cl)N1CCCN(C(=O)c2ccc(F)cc2)CC1. The van der Waals surface area contributed by atoms with E-state index in [9.17, 15) is 14.0 Å². The number of urea groups is 1. The van der Waals surface area contributed by atoms with Crippen LogP contribution in [0.25, 0.3) is 0 Å². The van der Waals surface area contributed by atoms with E-state index in [2.05, 4.69) is 5.32 Å². The third-order valence-corrected chi connectivity index (χ3v) is 4.92. The van der Waals surface area contributed by atoms with E-state index in [1.54, 1.807) is 15.9 Å². The van der Waals surface area contributed by atoms with Crippen molar-refractivity contribution in [2.45, 2.75) is 13.0 Å². The van der Waals surface area contributed by atoms with Crippen molar-refractivity contribution < 1.29 is 14.0 Å². The van der Waals surface area contributed by atoms with Crippen molar-refractivity contribution in [1.29, 1.82) is 0 Å². The largest absolute Gasteiger partial charge is 0.337 e. The van der Waals surface area contributed by atoms with Gasteiger partial charge >= 0.3 is 6.03 Å². The Kier molecular flexibility index (Phi) is 6.29. The molecule has 1 aliphatic rings. The Balaban J connectivity index is 1.54. The first-order chi connectivity index (χ1) is 13.0. The van der Waals surface area contributed by atoms with Crippen LogP contribution < -0.4 is 5.32 Å². The van der Waals surface area contributed by atoms with Crippen LogP contribution in [0.4, 0.5) is 9.18 Å². The first-order valence-electron chi connectivity index (χ1n) is 8.85. The Hall–Kier alpha value is -2.60. The second kappa shape index (κ2) is 8.86. The highest BCUT2D eigenvalue weighted by molar-refractivity contribution is 6.31. The number of amides is 3. The normalized spacial score (nSPS) is 14.6. The molecule has 1 heterocycles. The lowest BCUT2D eigenvalue weighted by atomic mass is 10.2. The summed E-state index contributed by atoms with van der Waals surface area (Å²) in [7, 11) is 0. The molecule has 142 valence electrons. The molecule has 7 heteroatoms. The van der Waals surface area contributed by atoms with Gasteiger partial charge in [0, 0.05) is 43.3 Å². The van der Waals surface area contributed by atoms with E-state index in [0.29, 0.717) is 49.7 Å². The lowest BCUT2D eigenvalue weighted by molar-refractivity contribution is 0.0762. The Labute approximate surface area is 162 Å². The van der Waals surface area contributed by atoms with Gasteiger partial charge in [0.05, 0.1) is 0 Å². The van der Waals surface area contributed by atoms with Crippen LogP contribution in [0.3, 0.4) is 0 Å². The molecule has 0 spiro atoms. The Morgan fingerprint density at radius 3 is 2.37 bits per heavy atom. The molecular weight excluding hydrogens is 369 g/mol. The minimum atomic E-state index is -0.371. The van der Waals surface area contributed by atoms with Crippen molar-refractivity contribution in [2.24, 2.45) is 0 Å². The highest BCUT2D eigenvalue weighted by Crippen LogP contribution is 2.15. The van der Waals surface area contributed by atoms with E-state index < -0.39 is 0 Å². The van der Waals surface area contributed by atoms with Gasteiger partial charge in [0.1, 0.15) is 5.82 Å². The van der Waals surface area contributed by atoms with Crippen LogP contribution in [-0.2, 0) is 6.54 Å². The topological polar surface area (TPSA) is 52.7 Å². The Morgan fingerprint density at radius 1 is 0.963 bits per heavy atom. The first kappa shape index (κ1) is 19.2. The molecule has 0 saturated carbocycles. The molecular formula is C20H21ClFN3O2. The van der Waals surface area contributed by atoms with Crippen molar-refractivity contribution in [3.63, 3.8) is 0 Å². The van der Waals surface area contributed by atoms with E-state index >= 15 is 0 Å². The number of carbonyl (C=O) groups is 2. The van der Waals surface area contributed by atoms with Crippen LogP contribution in [0.1, 0.15) is 22.3 Å². The summed E-state index contributed by atoms with van der Waals surface area (Å²) in [4.78, 5) is 28.4. The summed E-state index contributed by atoms with van der Waals surface area (Å²) in [5, 5.41) is 3.49. The summed E-state index contributed by atoms with van der Waals surface area (Å²) < 4.78 is 13.0. The summed E-state index contributed by atoms with van der Waals surface area (Å²) in [5.41, 5.74) is 1.31. The maximum Gasteiger partial charge on any atom is 0.317 e. The number of benzene rings is 2. The van der Waals surface area contributed by atoms with Gasteiger partial charge in [0.25, 0.3) is 5.91 Å². The Bertz CT molecular complexity index is 813. The van der Waals surface area contributed by atoms with Gasteiger partial charge < -0.3 is 15.1 Å². The van der Waals surface area contributed by atoms with Crippen LogP contribution >= 0.6 is 11.6 Å². The van der Waals surface area contributed by atoms with Gasteiger partial charge in [-0.3, -0.25) is 4.79 Å². The quantitative estimate of drug-likeness (QED) is 0.873. The summed E-state index contributed by atoms with van der Waals surface area (Å²) in [5.74, 6) is -0.517. The molecule has 1 saturated heterocycles. The number of hydrogen-bond acceptors (Lipinski definition) is 2.